The number of carbonyl (C=O) groups excluding carboxylic acids is 6. The number of nitrogens with one attached hydrogen (secondary N) is 1. The highest BCUT2D eigenvalue weighted by atomic mass is 33.1. The van der Waals surface area contributed by atoms with E-state index >= 15 is 0 Å². The maximum absolute atomic E-state index is 12.6. The van der Waals surface area contributed by atoms with Crippen LogP contribution < -0.4 is 5.32 Å². The zero-order valence-electron chi connectivity index (χ0n) is 20.8. The SMILES string of the molecule is C=C(C)[C@H](NC(=O)[C@H](CSSC1OC(COC(C)=O)C(OC(C)=O)=CC1OC(C)=O)N=C=O)C(=O)OC. The molecule has 13 nitrogen and oxygen atoms in total. The van der Waals surface area contributed by atoms with E-state index in [4.69, 9.17) is 18.9 Å². The van der Waals surface area contributed by atoms with Crippen molar-refractivity contribution < 1.29 is 52.5 Å². The van der Waals surface area contributed by atoms with Crippen molar-refractivity contribution in [3.63, 3.8) is 0 Å². The Kier molecular flexibility index (Phi) is 13.7. The molecule has 204 valence electrons. The number of hydrogen-bond donors (Lipinski definition) is 1. The van der Waals surface area contributed by atoms with Gasteiger partial charge in [-0.2, -0.15) is 4.99 Å². The predicted octanol–water partition coefficient (Wildman–Crippen LogP) is 0.973. The van der Waals surface area contributed by atoms with Crippen LogP contribution in [0.4, 0.5) is 0 Å². The zero-order chi connectivity index (χ0) is 28.1. The average molecular weight is 561 g/mol. The van der Waals surface area contributed by atoms with Gasteiger partial charge in [-0.25, -0.2) is 9.59 Å². The molecule has 5 atom stereocenters. The Morgan fingerprint density at radius 1 is 1.16 bits per heavy atom. The molecule has 1 heterocycles. The summed E-state index contributed by atoms with van der Waals surface area (Å²) in [6.07, 6.45) is 0.691. The summed E-state index contributed by atoms with van der Waals surface area (Å²) < 4.78 is 25.9. The molecule has 3 unspecified atom stereocenters. The Morgan fingerprint density at radius 2 is 1.84 bits per heavy atom. The van der Waals surface area contributed by atoms with E-state index in [1.165, 1.54) is 39.9 Å². The first-order valence-electron chi connectivity index (χ1n) is 10.6. The maximum atomic E-state index is 12.6. The van der Waals surface area contributed by atoms with Crippen LogP contribution in [0.1, 0.15) is 27.7 Å². The summed E-state index contributed by atoms with van der Waals surface area (Å²) in [4.78, 5) is 73.3. The quantitative estimate of drug-likeness (QED) is 0.0844. The molecule has 0 spiro atoms. The van der Waals surface area contributed by atoms with Gasteiger partial charge in [-0.15, -0.1) is 0 Å². The van der Waals surface area contributed by atoms with Gasteiger partial charge in [-0.3, -0.25) is 19.2 Å². The van der Waals surface area contributed by atoms with Gasteiger partial charge in [0.2, 0.25) is 12.0 Å². The summed E-state index contributed by atoms with van der Waals surface area (Å²) in [5.74, 6) is -3.46. The Balaban J connectivity index is 3.00. The average Bonchev–Trinajstić information content (AvgIpc) is 2.80. The molecule has 0 saturated carbocycles. The summed E-state index contributed by atoms with van der Waals surface area (Å²) in [7, 11) is 3.22. The fourth-order valence-corrected chi connectivity index (χ4v) is 5.22. The van der Waals surface area contributed by atoms with Gasteiger partial charge >= 0.3 is 23.9 Å². The number of amides is 1. The Labute approximate surface area is 221 Å². The van der Waals surface area contributed by atoms with Crippen LogP contribution in [0.25, 0.3) is 0 Å². The maximum Gasteiger partial charge on any atom is 0.332 e. The van der Waals surface area contributed by atoms with Crippen molar-refractivity contribution in [1.29, 1.82) is 0 Å². The molecule has 37 heavy (non-hydrogen) atoms. The van der Waals surface area contributed by atoms with Crippen LogP contribution in [-0.2, 0) is 52.5 Å². The van der Waals surface area contributed by atoms with Crippen LogP contribution in [0.15, 0.2) is 29.0 Å². The summed E-state index contributed by atoms with van der Waals surface area (Å²) >= 11 is 0. The molecule has 1 amide bonds. The molecular weight excluding hydrogens is 532 g/mol. The first-order chi connectivity index (χ1) is 17.4. The summed E-state index contributed by atoms with van der Waals surface area (Å²) in [5.41, 5.74) is -0.582. The second kappa shape index (κ2) is 15.9. The molecule has 15 heteroatoms. The summed E-state index contributed by atoms with van der Waals surface area (Å²) in [6.45, 7) is 8.41. The van der Waals surface area contributed by atoms with Gasteiger partial charge in [0.15, 0.2) is 23.7 Å². The van der Waals surface area contributed by atoms with Gasteiger partial charge in [-0.05, 0) is 12.5 Å². The lowest BCUT2D eigenvalue weighted by Crippen LogP contribution is -2.46. The molecule has 0 aromatic heterocycles. The molecule has 1 N–H and O–H groups in total. The van der Waals surface area contributed by atoms with E-state index in [9.17, 15) is 28.8 Å². The Morgan fingerprint density at radius 3 is 2.35 bits per heavy atom. The van der Waals surface area contributed by atoms with Gasteiger partial charge in [0.25, 0.3) is 0 Å². The van der Waals surface area contributed by atoms with Gasteiger partial charge < -0.3 is 29.0 Å². The molecular formula is C22H28N2O11S2. The Bertz CT molecular complexity index is 978. The molecule has 0 aromatic rings. The minimum Gasteiger partial charge on any atom is -0.467 e. The number of carbonyl (C=O) groups is 5. The highest BCUT2D eigenvalue weighted by Crippen LogP contribution is 2.37. The van der Waals surface area contributed by atoms with E-state index < -0.39 is 59.5 Å². The third kappa shape index (κ3) is 11.2. The summed E-state index contributed by atoms with van der Waals surface area (Å²) in [6, 6.07) is -2.37. The van der Waals surface area contributed by atoms with Gasteiger partial charge in [-0.1, -0.05) is 28.2 Å². The minimum absolute atomic E-state index is 0.00157. The van der Waals surface area contributed by atoms with Crippen molar-refractivity contribution in [2.75, 3.05) is 19.5 Å². The molecule has 1 aliphatic heterocycles. The number of aliphatic imine (C=N–C) groups is 1. The first-order valence-corrected chi connectivity index (χ1v) is 13.0. The number of esters is 4. The third-order valence-electron chi connectivity index (χ3n) is 4.33. The van der Waals surface area contributed by atoms with E-state index in [1.807, 2.05) is 0 Å². The second-order valence-corrected chi connectivity index (χ2v) is 9.97. The second-order valence-electron chi connectivity index (χ2n) is 7.46. The molecule has 0 aromatic carbocycles. The van der Waals surface area contributed by atoms with Crippen molar-refractivity contribution in [2.24, 2.45) is 4.99 Å². The van der Waals surface area contributed by atoms with Crippen LogP contribution in [0.2, 0.25) is 0 Å². The lowest BCUT2D eigenvalue weighted by molar-refractivity contribution is -0.157. The number of ether oxygens (including phenoxy) is 5. The predicted molar refractivity (Wildman–Crippen MR) is 131 cm³/mol. The molecule has 0 saturated heterocycles. The zero-order valence-corrected chi connectivity index (χ0v) is 22.5. The number of hydrogen-bond acceptors (Lipinski definition) is 14. The molecule has 0 radical (unpaired) electrons. The number of nitrogens with zero attached hydrogens (tertiary/aromatic N) is 1. The monoisotopic (exact) mass is 560 g/mol. The number of methoxy groups -OCH3 is 1. The lowest BCUT2D eigenvalue weighted by atomic mass is 10.1. The summed E-state index contributed by atoms with van der Waals surface area (Å²) in [5, 5.41) is 2.42. The smallest absolute Gasteiger partial charge is 0.332 e. The van der Waals surface area contributed by atoms with Crippen LogP contribution in [0, 0.1) is 0 Å². The topological polar surface area (TPSA) is 173 Å². The molecule has 0 fully saturated rings. The Hall–Kier alpha value is -3.13. The molecule has 0 bridgehead atoms. The lowest BCUT2D eigenvalue weighted by Gasteiger charge is -2.33. The van der Waals surface area contributed by atoms with Crippen molar-refractivity contribution in [3.05, 3.63) is 24.0 Å². The van der Waals surface area contributed by atoms with Crippen LogP contribution in [-0.4, -0.2) is 85.1 Å². The largest absolute Gasteiger partial charge is 0.467 e. The third-order valence-corrected chi connectivity index (χ3v) is 6.87. The number of rotatable bonds is 13. The van der Waals surface area contributed by atoms with E-state index in [2.05, 4.69) is 21.6 Å². The van der Waals surface area contributed by atoms with Crippen molar-refractivity contribution in [3.8, 4) is 0 Å². The van der Waals surface area contributed by atoms with Crippen molar-refractivity contribution in [2.45, 2.75) is 57.4 Å². The van der Waals surface area contributed by atoms with Crippen molar-refractivity contribution in [1.82, 2.24) is 5.32 Å². The highest BCUT2D eigenvalue weighted by Gasteiger charge is 2.37. The molecule has 1 aliphatic rings. The minimum atomic E-state index is -1.23. The van der Waals surface area contributed by atoms with Crippen LogP contribution >= 0.6 is 21.6 Å². The van der Waals surface area contributed by atoms with Crippen molar-refractivity contribution >= 4 is 57.5 Å². The fourth-order valence-electron chi connectivity index (χ4n) is 2.74. The normalized spacial score (nSPS) is 20.1. The van der Waals surface area contributed by atoms with Gasteiger partial charge in [0, 0.05) is 32.6 Å². The highest BCUT2D eigenvalue weighted by molar-refractivity contribution is 8.76. The van der Waals surface area contributed by atoms with E-state index in [0.717, 1.165) is 28.7 Å². The number of isocyanates is 1. The van der Waals surface area contributed by atoms with E-state index in [-0.39, 0.29) is 18.1 Å². The molecule has 0 aliphatic carbocycles. The van der Waals surface area contributed by atoms with E-state index in [0.29, 0.717) is 5.57 Å². The molecule has 1 rings (SSSR count). The van der Waals surface area contributed by atoms with Crippen LogP contribution in [0.3, 0.4) is 0 Å². The fraction of sp³-hybridized carbons (Fsp3) is 0.545. The van der Waals surface area contributed by atoms with Crippen LogP contribution in [0.5, 0.6) is 0 Å². The van der Waals surface area contributed by atoms with Gasteiger partial charge in [0.05, 0.1) is 7.11 Å². The first kappa shape index (κ1) is 31.9. The standard InChI is InChI=1S/C22H28N2O11S2/c1-11(2)19(21(30)31-6)24-20(29)15(23-10-25)9-36-37-22-17(34-14(5)28)7-16(33-13(4)27)18(35-22)8-32-12(3)26/h7,15,17-19,22H,1,8-9H2,2-6H3,(H,24,29)/t15-,17?,18?,19-,22?/m0/s1. The van der Waals surface area contributed by atoms with Gasteiger partial charge in [0.1, 0.15) is 18.4 Å². The van der Waals surface area contributed by atoms with E-state index in [1.54, 1.807) is 0 Å².